The topological polar surface area (TPSA) is 97.7 Å². The van der Waals surface area contributed by atoms with Crippen LogP contribution in [-0.4, -0.2) is 39.1 Å². The van der Waals surface area contributed by atoms with Gasteiger partial charge in [0, 0.05) is 36.4 Å². The number of benzene rings is 1. The molecule has 1 aliphatic heterocycles. The SMILES string of the molecule is N#CN1CC[C@H](C(=O)Nc2cc3cc(-c4cn[nH]c4)ccc3cn2)C1. The third-order valence-electron chi connectivity index (χ3n) is 4.51. The Labute approximate surface area is 144 Å². The molecule has 1 saturated heterocycles. The van der Waals surface area contributed by atoms with Gasteiger partial charge in [-0.25, -0.2) is 4.98 Å². The van der Waals surface area contributed by atoms with E-state index in [4.69, 9.17) is 5.26 Å². The van der Waals surface area contributed by atoms with Crippen LogP contribution in [0, 0.1) is 17.4 Å². The van der Waals surface area contributed by atoms with Crippen LogP contribution in [0.15, 0.2) is 42.9 Å². The zero-order valence-electron chi connectivity index (χ0n) is 13.4. The van der Waals surface area contributed by atoms with E-state index in [1.54, 1.807) is 17.3 Å². The summed E-state index contributed by atoms with van der Waals surface area (Å²) in [4.78, 5) is 18.3. The molecule has 2 N–H and O–H groups in total. The van der Waals surface area contributed by atoms with Crippen LogP contribution in [0.5, 0.6) is 0 Å². The second kappa shape index (κ2) is 6.24. The number of hydrogen-bond acceptors (Lipinski definition) is 5. The first-order valence-corrected chi connectivity index (χ1v) is 8.07. The van der Waals surface area contributed by atoms with Gasteiger partial charge in [0.25, 0.3) is 0 Å². The zero-order valence-corrected chi connectivity index (χ0v) is 13.4. The van der Waals surface area contributed by atoms with Crippen LogP contribution in [0.1, 0.15) is 6.42 Å². The maximum atomic E-state index is 12.4. The normalized spacial score (nSPS) is 16.8. The number of nitrogens with zero attached hydrogens (tertiary/aromatic N) is 4. The number of nitrogens with one attached hydrogen (secondary N) is 2. The maximum Gasteiger partial charge on any atom is 0.230 e. The maximum absolute atomic E-state index is 12.4. The zero-order chi connectivity index (χ0) is 17.2. The van der Waals surface area contributed by atoms with Crippen molar-refractivity contribution in [1.82, 2.24) is 20.1 Å². The second-order valence-electron chi connectivity index (χ2n) is 6.14. The van der Waals surface area contributed by atoms with Gasteiger partial charge in [0.05, 0.1) is 12.1 Å². The number of carbonyl (C=O) groups excluding carboxylic acids is 1. The van der Waals surface area contributed by atoms with E-state index < -0.39 is 0 Å². The quantitative estimate of drug-likeness (QED) is 0.718. The number of aromatic amines is 1. The van der Waals surface area contributed by atoms with E-state index in [9.17, 15) is 4.79 Å². The molecule has 0 bridgehead atoms. The predicted molar refractivity (Wildman–Crippen MR) is 93.2 cm³/mol. The first-order chi connectivity index (χ1) is 12.2. The summed E-state index contributed by atoms with van der Waals surface area (Å²) in [5, 5.41) is 20.5. The summed E-state index contributed by atoms with van der Waals surface area (Å²) < 4.78 is 0. The number of nitriles is 1. The van der Waals surface area contributed by atoms with Gasteiger partial charge in [-0.05, 0) is 29.5 Å². The second-order valence-corrected chi connectivity index (χ2v) is 6.14. The molecule has 0 saturated carbocycles. The van der Waals surface area contributed by atoms with Crippen LogP contribution in [0.25, 0.3) is 21.9 Å². The molecule has 1 fully saturated rings. The van der Waals surface area contributed by atoms with Crippen LogP contribution < -0.4 is 5.32 Å². The van der Waals surface area contributed by atoms with Crippen molar-refractivity contribution in [2.24, 2.45) is 5.92 Å². The molecule has 0 unspecified atom stereocenters. The van der Waals surface area contributed by atoms with Gasteiger partial charge in [-0.15, -0.1) is 0 Å². The Morgan fingerprint density at radius 3 is 2.96 bits per heavy atom. The minimum atomic E-state index is -0.172. The highest BCUT2D eigenvalue weighted by Gasteiger charge is 2.27. The highest BCUT2D eigenvalue weighted by atomic mass is 16.2. The average Bonchev–Trinajstić information content (AvgIpc) is 3.32. The van der Waals surface area contributed by atoms with Crippen molar-refractivity contribution in [1.29, 1.82) is 5.26 Å². The lowest BCUT2D eigenvalue weighted by atomic mass is 10.0. The van der Waals surface area contributed by atoms with Crippen molar-refractivity contribution in [2.75, 3.05) is 18.4 Å². The monoisotopic (exact) mass is 332 g/mol. The molecule has 0 aliphatic carbocycles. The van der Waals surface area contributed by atoms with Gasteiger partial charge in [-0.1, -0.05) is 12.1 Å². The average molecular weight is 332 g/mol. The highest BCUT2D eigenvalue weighted by molar-refractivity contribution is 5.95. The number of pyridine rings is 1. The highest BCUT2D eigenvalue weighted by Crippen LogP contribution is 2.25. The van der Waals surface area contributed by atoms with E-state index in [0.29, 0.717) is 25.3 Å². The largest absolute Gasteiger partial charge is 0.310 e. The minimum Gasteiger partial charge on any atom is -0.310 e. The lowest BCUT2D eigenvalue weighted by Gasteiger charge is -2.11. The van der Waals surface area contributed by atoms with E-state index in [1.807, 2.05) is 30.5 Å². The molecular formula is C18H16N6O. The van der Waals surface area contributed by atoms with E-state index in [-0.39, 0.29) is 11.8 Å². The van der Waals surface area contributed by atoms with Crippen molar-refractivity contribution >= 4 is 22.5 Å². The standard InChI is InChI=1S/C18H16N6O/c19-11-24-4-3-14(10-24)18(25)23-17-6-15-5-12(16-8-21-22-9-16)1-2-13(15)7-20-17/h1-2,5-9,14H,3-4,10H2,(H,21,22)(H,20,23,25)/t14-/m0/s1. The van der Waals surface area contributed by atoms with Crippen molar-refractivity contribution in [2.45, 2.75) is 6.42 Å². The predicted octanol–water partition coefficient (Wildman–Crippen LogP) is 2.37. The molecule has 4 rings (SSSR count). The molecule has 1 atom stereocenters. The number of hydrogen-bond donors (Lipinski definition) is 2. The number of anilines is 1. The van der Waals surface area contributed by atoms with Gasteiger partial charge < -0.3 is 10.2 Å². The van der Waals surface area contributed by atoms with Crippen molar-refractivity contribution in [3.05, 3.63) is 42.9 Å². The Kier molecular flexibility index (Phi) is 3.78. The summed E-state index contributed by atoms with van der Waals surface area (Å²) in [5.41, 5.74) is 2.05. The van der Waals surface area contributed by atoms with Crippen LogP contribution in [0.4, 0.5) is 5.82 Å². The van der Waals surface area contributed by atoms with Gasteiger partial charge in [0.15, 0.2) is 6.19 Å². The van der Waals surface area contributed by atoms with E-state index >= 15 is 0 Å². The summed E-state index contributed by atoms with van der Waals surface area (Å²) in [7, 11) is 0. The number of fused-ring (bicyclic) bond motifs is 1. The molecule has 0 radical (unpaired) electrons. The minimum absolute atomic E-state index is 0.0874. The number of carbonyl (C=O) groups is 1. The summed E-state index contributed by atoms with van der Waals surface area (Å²) in [5.74, 6) is 0.266. The Hall–Kier alpha value is -3.40. The molecule has 25 heavy (non-hydrogen) atoms. The number of amides is 1. The molecule has 1 aliphatic rings. The van der Waals surface area contributed by atoms with Gasteiger partial charge in [0.2, 0.25) is 5.91 Å². The van der Waals surface area contributed by atoms with Crippen LogP contribution in [0.2, 0.25) is 0 Å². The van der Waals surface area contributed by atoms with Gasteiger partial charge >= 0.3 is 0 Å². The Bertz CT molecular complexity index is 959. The fourth-order valence-electron chi connectivity index (χ4n) is 3.09. The first-order valence-electron chi connectivity index (χ1n) is 8.07. The molecule has 3 heterocycles. The molecular weight excluding hydrogens is 316 g/mol. The number of aromatic nitrogens is 3. The van der Waals surface area contributed by atoms with E-state index in [2.05, 4.69) is 26.7 Å². The lowest BCUT2D eigenvalue weighted by molar-refractivity contribution is -0.119. The van der Waals surface area contributed by atoms with Crippen LogP contribution in [0.3, 0.4) is 0 Å². The van der Waals surface area contributed by atoms with Crippen molar-refractivity contribution in [3.63, 3.8) is 0 Å². The third kappa shape index (κ3) is 3.02. The Morgan fingerprint density at radius 2 is 2.20 bits per heavy atom. The molecule has 7 heteroatoms. The Morgan fingerprint density at radius 1 is 1.28 bits per heavy atom. The van der Waals surface area contributed by atoms with Gasteiger partial charge in [-0.3, -0.25) is 9.89 Å². The summed E-state index contributed by atoms with van der Waals surface area (Å²) >= 11 is 0. The summed E-state index contributed by atoms with van der Waals surface area (Å²) in [6, 6.07) is 7.93. The number of H-pyrrole nitrogens is 1. The molecule has 7 nitrogen and oxygen atoms in total. The molecule has 1 amide bonds. The van der Waals surface area contributed by atoms with Crippen LogP contribution >= 0.6 is 0 Å². The van der Waals surface area contributed by atoms with E-state index in [1.165, 1.54) is 0 Å². The smallest absolute Gasteiger partial charge is 0.230 e. The van der Waals surface area contributed by atoms with Crippen LogP contribution in [-0.2, 0) is 4.79 Å². The van der Waals surface area contributed by atoms with Crippen molar-refractivity contribution in [3.8, 4) is 17.3 Å². The number of rotatable bonds is 3. The summed E-state index contributed by atoms with van der Waals surface area (Å²) in [6.45, 7) is 1.11. The molecule has 1 aromatic carbocycles. The van der Waals surface area contributed by atoms with Gasteiger partial charge in [0.1, 0.15) is 5.82 Å². The fraction of sp³-hybridized carbons (Fsp3) is 0.222. The van der Waals surface area contributed by atoms with Crippen molar-refractivity contribution < 1.29 is 4.79 Å². The third-order valence-corrected chi connectivity index (χ3v) is 4.51. The lowest BCUT2D eigenvalue weighted by Crippen LogP contribution is -2.25. The summed E-state index contributed by atoms with van der Waals surface area (Å²) in [6.07, 6.45) is 8.14. The molecule has 3 aromatic rings. The van der Waals surface area contributed by atoms with E-state index in [0.717, 1.165) is 21.9 Å². The number of likely N-dealkylation sites (tertiary alicyclic amines) is 1. The Balaban J connectivity index is 1.56. The molecule has 0 spiro atoms. The molecule has 124 valence electrons. The van der Waals surface area contributed by atoms with Gasteiger partial charge in [-0.2, -0.15) is 10.4 Å². The molecule has 2 aromatic heterocycles. The first kappa shape index (κ1) is 15.1. The fourth-order valence-corrected chi connectivity index (χ4v) is 3.09.